The minimum atomic E-state index is -0.728. The Labute approximate surface area is 91.5 Å². The number of carbonyl (C=O) groups is 1. The summed E-state index contributed by atoms with van der Waals surface area (Å²) in [4.78, 5) is 14.6. The molecule has 2 aromatic rings. The molecule has 0 saturated carbocycles. The van der Waals surface area contributed by atoms with Gasteiger partial charge in [0.2, 0.25) is 0 Å². The highest BCUT2D eigenvalue weighted by Crippen LogP contribution is 2.36. The molecule has 0 aromatic carbocycles. The van der Waals surface area contributed by atoms with Crippen molar-refractivity contribution in [3.63, 3.8) is 0 Å². The molecule has 0 unspecified atom stereocenters. The average molecular weight is 273 g/mol. The van der Waals surface area contributed by atoms with Crippen molar-refractivity contribution in [1.82, 2.24) is 4.98 Å². The van der Waals surface area contributed by atoms with Gasteiger partial charge in [-0.25, -0.2) is 4.98 Å². The van der Waals surface area contributed by atoms with Gasteiger partial charge in [-0.15, -0.1) is 11.3 Å². The Hall–Kier alpha value is -1.14. The summed E-state index contributed by atoms with van der Waals surface area (Å²) in [6.07, 6.45) is 1.51. The molecule has 0 aliphatic carbocycles. The lowest BCUT2D eigenvalue weighted by Gasteiger charge is -1.98. The lowest BCUT2D eigenvalue weighted by molar-refractivity contribution is 0.0993. The topological polar surface area (TPSA) is 76.2 Å². The monoisotopic (exact) mass is 272 g/mol. The van der Waals surface area contributed by atoms with Crippen LogP contribution in [0.3, 0.4) is 0 Å². The van der Waals surface area contributed by atoms with Crippen LogP contribution in [0, 0.1) is 0 Å². The van der Waals surface area contributed by atoms with Crippen molar-refractivity contribution in [3.05, 3.63) is 21.7 Å². The number of nitrogens with two attached hydrogens (primary N) is 1. The van der Waals surface area contributed by atoms with Gasteiger partial charge in [0.25, 0.3) is 5.91 Å². The van der Waals surface area contributed by atoms with Gasteiger partial charge >= 0.3 is 0 Å². The number of rotatable bonds is 1. The standard InChI is InChI=1S/C8H5BrN2O2S/c9-4-1-3-2-11-5(8(10)13)6(12)7(3)14-4/h1-2,12H,(H2,10,13). The Morgan fingerprint density at radius 1 is 1.64 bits per heavy atom. The number of aromatic hydroxyl groups is 1. The van der Waals surface area contributed by atoms with Crippen molar-refractivity contribution in [2.24, 2.45) is 5.73 Å². The zero-order valence-corrected chi connectivity index (χ0v) is 9.22. The number of pyridine rings is 1. The summed E-state index contributed by atoms with van der Waals surface area (Å²) < 4.78 is 1.48. The van der Waals surface area contributed by atoms with E-state index in [-0.39, 0.29) is 11.4 Å². The number of aromatic nitrogens is 1. The Morgan fingerprint density at radius 3 is 3.00 bits per heavy atom. The van der Waals surface area contributed by atoms with Crippen molar-refractivity contribution in [1.29, 1.82) is 0 Å². The fourth-order valence-corrected chi connectivity index (χ4v) is 2.67. The summed E-state index contributed by atoms with van der Waals surface area (Å²) in [5, 5.41) is 10.4. The van der Waals surface area contributed by atoms with Crippen LogP contribution in [0.2, 0.25) is 0 Å². The van der Waals surface area contributed by atoms with Crippen LogP contribution in [0.1, 0.15) is 10.5 Å². The molecule has 0 spiro atoms. The molecule has 2 rings (SSSR count). The summed E-state index contributed by atoms with van der Waals surface area (Å²) in [5.74, 6) is -0.875. The second-order valence-electron chi connectivity index (χ2n) is 2.65. The third kappa shape index (κ3) is 1.36. The molecule has 4 nitrogen and oxygen atoms in total. The van der Waals surface area contributed by atoms with Crippen molar-refractivity contribution < 1.29 is 9.90 Å². The van der Waals surface area contributed by atoms with Crippen LogP contribution < -0.4 is 5.73 Å². The Balaban J connectivity index is 2.80. The van der Waals surface area contributed by atoms with Gasteiger partial charge in [0.05, 0.1) is 8.49 Å². The van der Waals surface area contributed by atoms with E-state index in [2.05, 4.69) is 20.9 Å². The van der Waals surface area contributed by atoms with Crippen LogP contribution in [0.25, 0.3) is 10.1 Å². The molecular weight excluding hydrogens is 268 g/mol. The summed E-state index contributed by atoms with van der Waals surface area (Å²) in [6.45, 7) is 0. The van der Waals surface area contributed by atoms with E-state index < -0.39 is 5.91 Å². The molecular formula is C8H5BrN2O2S. The number of thiophene rings is 1. The third-order valence-corrected chi connectivity index (χ3v) is 3.40. The van der Waals surface area contributed by atoms with E-state index in [4.69, 9.17) is 5.73 Å². The van der Waals surface area contributed by atoms with E-state index in [0.717, 1.165) is 9.17 Å². The minimum absolute atomic E-state index is 0.0909. The van der Waals surface area contributed by atoms with Gasteiger partial charge in [-0.2, -0.15) is 0 Å². The molecule has 2 heterocycles. The molecule has 0 bridgehead atoms. The SMILES string of the molecule is NC(=O)c1ncc2cc(Br)sc2c1O. The van der Waals surface area contributed by atoms with E-state index in [9.17, 15) is 9.90 Å². The van der Waals surface area contributed by atoms with Crippen molar-refractivity contribution >= 4 is 43.3 Å². The molecule has 0 aliphatic heterocycles. The van der Waals surface area contributed by atoms with Gasteiger partial charge in [-0.05, 0) is 22.0 Å². The minimum Gasteiger partial charge on any atom is -0.504 e. The highest BCUT2D eigenvalue weighted by atomic mass is 79.9. The van der Waals surface area contributed by atoms with Crippen LogP contribution in [-0.4, -0.2) is 16.0 Å². The lowest BCUT2D eigenvalue weighted by Crippen LogP contribution is -2.12. The number of hydrogen-bond acceptors (Lipinski definition) is 4. The molecule has 0 aliphatic rings. The predicted molar refractivity (Wildman–Crippen MR) is 57.5 cm³/mol. The molecule has 72 valence electrons. The average Bonchev–Trinajstić information content (AvgIpc) is 2.46. The third-order valence-electron chi connectivity index (χ3n) is 1.74. The molecule has 0 radical (unpaired) electrons. The smallest absolute Gasteiger partial charge is 0.271 e. The van der Waals surface area contributed by atoms with Gasteiger partial charge in [0.1, 0.15) is 0 Å². The zero-order chi connectivity index (χ0) is 10.3. The maximum absolute atomic E-state index is 10.9. The highest BCUT2D eigenvalue weighted by Gasteiger charge is 2.14. The summed E-state index contributed by atoms with van der Waals surface area (Å²) in [7, 11) is 0. The normalized spacial score (nSPS) is 10.6. The number of halogens is 1. The largest absolute Gasteiger partial charge is 0.504 e. The second kappa shape index (κ2) is 3.21. The Bertz CT molecular complexity index is 523. The highest BCUT2D eigenvalue weighted by molar-refractivity contribution is 9.11. The molecule has 3 N–H and O–H groups in total. The van der Waals surface area contributed by atoms with E-state index in [0.29, 0.717) is 4.70 Å². The van der Waals surface area contributed by atoms with Crippen LogP contribution in [0.5, 0.6) is 5.75 Å². The Morgan fingerprint density at radius 2 is 2.36 bits per heavy atom. The first-order valence-electron chi connectivity index (χ1n) is 3.66. The maximum Gasteiger partial charge on any atom is 0.271 e. The van der Waals surface area contributed by atoms with Crippen LogP contribution in [0.15, 0.2) is 16.0 Å². The van der Waals surface area contributed by atoms with Gasteiger partial charge in [0, 0.05) is 11.6 Å². The molecule has 0 saturated heterocycles. The molecule has 0 atom stereocenters. The number of primary amides is 1. The molecule has 6 heteroatoms. The summed E-state index contributed by atoms with van der Waals surface area (Å²) in [6, 6.07) is 1.82. The fraction of sp³-hybridized carbons (Fsp3) is 0. The van der Waals surface area contributed by atoms with Gasteiger partial charge in [-0.3, -0.25) is 4.79 Å². The van der Waals surface area contributed by atoms with Crippen molar-refractivity contribution in [3.8, 4) is 5.75 Å². The number of nitrogens with zero attached hydrogens (tertiary/aromatic N) is 1. The molecule has 14 heavy (non-hydrogen) atoms. The first-order valence-corrected chi connectivity index (χ1v) is 5.27. The zero-order valence-electron chi connectivity index (χ0n) is 6.82. The summed E-state index contributed by atoms with van der Waals surface area (Å²) >= 11 is 4.61. The van der Waals surface area contributed by atoms with E-state index >= 15 is 0 Å². The number of carbonyl (C=O) groups excluding carboxylic acids is 1. The van der Waals surface area contributed by atoms with Gasteiger partial charge in [0.15, 0.2) is 11.4 Å². The van der Waals surface area contributed by atoms with Crippen molar-refractivity contribution in [2.75, 3.05) is 0 Å². The number of amides is 1. The lowest BCUT2D eigenvalue weighted by atomic mass is 10.2. The number of fused-ring (bicyclic) bond motifs is 1. The van der Waals surface area contributed by atoms with Gasteiger partial charge < -0.3 is 10.8 Å². The van der Waals surface area contributed by atoms with Crippen molar-refractivity contribution in [2.45, 2.75) is 0 Å². The molecule has 1 amide bonds. The van der Waals surface area contributed by atoms with E-state index in [1.807, 2.05) is 6.07 Å². The summed E-state index contributed by atoms with van der Waals surface area (Å²) in [5.41, 5.74) is 4.95. The molecule has 0 fully saturated rings. The van der Waals surface area contributed by atoms with Crippen LogP contribution >= 0.6 is 27.3 Å². The van der Waals surface area contributed by atoms with E-state index in [1.165, 1.54) is 17.5 Å². The first-order chi connectivity index (χ1) is 6.59. The fourth-order valence-electron chi connectivity index (χ4n) is 1.14. The second-order valence-corrected chi connectivity index (χ2v) is 5.09. The van der Waals surface area contributed by atoms with Crippen LogP contribution in [-0.2, 0) is 0 Å². The quantitative estimate of drug-likeness (QED) is 0.832. The van der Waals surface area contributed by atoms with E-state index in [1.54, 1.807) is 0 Å². The molecule has 2 aromatic heterocycles. The van der Waals surface area contributed by atoms with Gasteiger partial charge in [-0.1, -0.05) is 0 Å². The number of hydrogen-bond donors (Lipinski definition) is 2. The van der Waals surface area contributed by atoms with Crippen LogP contribution in [0.4, 0.5) is 0 Å². The first kappa shape index (κ1) is 9.42. The maximum atomic E-state index is 10.9. The predicted octanol–water partition coefficient (Wildman–Crippen LogP) is 1.86. The Kier molecular flexibility index (Phi) is 2.16.